The molecule has 16 rings (SSSR count). The third kappa shape index (κ3) is 23.4. The van der Waals surface area contributed by atoms with Crippen molar-refractivity contribution >= 4 is 178 Å². The number of hydrogen-bond donors (Lipinski definition) is 10. The molecular weight excluding hydrogens is 1990 g/mol. The van der Waals surface area contributed by atoms with Crippen LogP contribution in [0.2, 0.25) is 0 Å². The first-order valence-electron chi connectivity index (χ1n) is 40.4. The number of anilines is 8. The van der Waals surface area contributed by atoms with E-state index in [2.05, 4.69) is 56.5 Å². The Kier molecular flexibility index (Phi) is 30.8. The Morgan fingerprint density at radius 2 is 0.817 bits per heavy atom. The van der Waals surface area contributed by atoms with E-state index in [1.54, 1.807) is 72.8 Å². The number of carbonyl (C=O) groups excluding carboxylic acids is 6. The molecule has 47 nitrogen and oxygen atoms in total. The monoisotopic (exact) mass is 2050 g/mol. The van der Waals surface area contributed by atoms with E-state index in [0.29, 0.717) is 36.8 Å². The topological polar surface area (TPSA) is 712 Å². The number of nitrogens with one attached hydrogen (secondary N) is 5. The SMILES string of the molecule is Cn1c(=O)c(C(=O)c2ccccc2)c2c3c(c(Nc4ccc(S(=O)(=O)O)c(Cc5nc(NCCCCCCNc6nc(Nc7ccc(S(=O)(=O)O)c(Nc8ccc9c%10c8C(=O)c8ccccc8-c%10c(C(=O)c8cccc(S(=O)(=O)O)c8)c(=O)n9C)c7)nc(Oc7cc(OC=O)cc(C(=O)O)c7)n6)nc(Oc6cc(OC=O)cc(C(=O)O)c6)n5)c4)ccc31)C(=O)c1ccccc1-2.O=S(=O)=O.O=S(=O)=O.O=S(=O)=O. The smallest absolute Gasteiger partial charge is 0.425 e. The van der Waals surface area contributed by atoms with E-state index in [1.165, 1.54) is 91.5 Å². The first-order chi connectivity index (χ1) is 67.4. The molecule has 4 aromatic heterocycles. The summed E-state index contributed by atoms with van der Waals surface area (Å²) in [5.41, 5.74) is -2.05. The molecule has 2 aliphatic carbocycles. The van der Waals surface area contributed by atoms with E-state index >= 15 is 0 Å². The second-order valence-electron chi connectivity index (χ2n) is 29.9. The maximum atomic E-state index is 15.0. The van der Waals surface area contributed by atoms with Crippen LogP contribution in [0.5, 0.6) is 35.0 Å². The first-order valence-corrected chi connectivity index (χ1v) is 47.8. The fraction of sp³-hybridized carbons (Fsp3) is 0.101. The Hall–Kier alpha value is -17.6. The van der Waals surface area contributed by atoms with Gasteiger partial charge in [-0.05, 0) is 127 Å². The molecule has 726 valence electrons. The highest BCUT2D eigenvalue weighted by Gasteiger charge is 2.38. The molecule has 0 spiro atoms. The minimum atomic E-state index is -5.15. The van der Waals surface area contributed by atoms with Gasteiger partial charge in [-0.15, -0.1) is 37.9 Å². The molecule has 0 aliphatic heterocycles. The van der Waals surface area contributed by atoms with Crippen molar-refractivity contribution in [2.24, 2.45) is 14.1 Å². The van der Waals surface area contributed by atoms with E-state index in [0.717, 1.165) is 59.2 Å². The number of fused-ring (bicyclic) bond motifs is 4. The molecular formula is C89H65N13O34S6. The van der Waals surface area contributed by atoms with Gasteiger partial charge in [-0.2, -0.15) is 55.2 Å². The number of rotatable bonds is 34. The van der Waals surface area contributed by atoms with Crippen molar-refractivity contribution in [1.82, 2.24) is 39.0 Å². The van der Waals surface area contributed by atoms with Crippen molar-refractivity contribution in [3.63, 3.8) is 0 Å². The van der Waals surface area contributed by atoms with Gasteiger partial charge in [-0.25, -0.2) is 9.59 Å². The van der Waals surface area contributed by atoms with Crippen LogP contribution < -0.4 is 56.6 Å². The number of carbonyl (C=O) groups is 8. The van der Waals surface area contributed by atoms with E-state index in [1.807, 2.05) is 0 Å². The summed E-state index contributed by atoms with van der Waals surface area (Å²) in [6, 6.07) is 43.8. The fourth-order valence-electron chi connectivity index (χ4n) is 15.3. The van der Waals surface area contributed by atoms with Crippen LogP contribution >= 0.6 is 0 Å². The van der Waals surface area contributed by atoms with Gasteiger partial charge in [-0.1, -0.05) is 104 Å². The zero-order valence-corrected chi connectivity index (χ0v) is 77.2. The second-order valence-corrected chi connectivity index (χ2v) is 35.4. The van der Waals surface area contributed by atoms with E-state index < -0.39 is 147 Å². The number of aromatic nitrogens is 8. The number of carboxylic acids is 2. The number of carboxylic acid groups (broad SMARTS) is 2. The number of hydrogen-bond acceptors (Lipinski definition) is 40. The van der Waals surface area contributed by atoms with Gasteiger partial charge in [0.2, 0.25) is 17.8 Å². The summed E-state index contributed by atoms with van der Waals surface area (Å²) in [6.45, 7) is 0.397. The van der Waals surface area contributed by atoms with E-state index in [-0.39, 0.29) is 190 Å². The zero-order chi connectivity index (χ0) is 103. The Morgan fingerprint density at radius 3 is 1.29 bits per heavy atom. The number of pyridine rings is 2. The number of ether oxygens (including phenoxy) is 4. The molecule has 53 heteroatoms. The molecule has 10 N–H and O–H groups in total. The summed E-state index contributed by atoms with van der Waals surface area (Å²) < 4.78 is 209. The van der Waals surface area contributed by atoms with Crippen LogP contribution in [-0.4, -0.2) is 187 Å². The molecule has 142 heavy (non-hydrogen) atoms. The highest BCUT2D eigenvalue weighted by molar-refractivity contribution is 7.86. The summed E-state index contributed by atoms with van der Waals surface area (Å²) in [5.74, 6) is -7.38. The van der Waals surface area contributed by atoms with Crippen LogP contribution in [0.3, 0.4) is 0 Å². The van der Waals surface area contributed by atoms with Crippen molar-refractivity contribution in [1.29, 1.82) is 0 Å². The lowest BCUT2D eigenvalue weighted by Gasteiger charge is -2.26. The predicted molar refractivity (Wildman–Crippen MR) is 495 cm³/mol. The lowest BCUT2D eigenvalue weighted by Crippen LogP contribution is -2.29. The van der Waals surface area contributed by atoms with Crippen LogP contribution in [0.15, 0.2) is 224 Å². The maximum absolute atomic E-state index is 15.0. The number of aromatic carboxylic acids is 2. The van der Waals surface area contributed by atoms with Crippen molar-refractivity contribution in [3.8, 4) is 57.3 Å². The Bertz CT molecular complexity index is 8480. The third-order valence-electron chi connectivity index (χ3n) is 21.1. The van der Waals surface area contributed by atoms with Crippen LogP contribution in [0.1, 0.15) is 121 Å². The molecule has 0 radical (unpaired) electrons. The Balaban J connectivity index is 0.00000134. The van der Waals surface area contributed by atoms with E-state index in [4.69, 9.17) is 56.8 Å². The van der Waals surface area contributed by atoms with Crippen LogP contribution in [-0.2, 0) is 92.3 Å². The molecule has 0 fully saturated rings. The molecule has 0 saturated carbocycles. The highest BCUT2D eigenvalue weighted by atomic mass is 32.2. The minimum Gasteiger partial charge on any atom is -0.478 e. The summed E-state index contributed by atoms with van der Waals surface area (Å²) in [5, 5.41) is 35.5. The number of ketones is 4. The average Bonchev–Trinajstić information content (AvgIpc) is 0.709. The third-order valence-corrected chi connectivity index (χ3v) is 23.8. The Morgan fingerprint density at radius 1 is 0.394 bits per heavy atom. The second kappa shape index (κ2) is 43.0. The zero-order valence-electron chi connectivity index (χ0n) is 72.3. The van der Waals surface area contributed by atoms with Crippen molar-refractivity contribution in [2.45, 2.75) is 46.8 Å². The van der Waals surface area contributed by atoms with Gasteiger partial charge in [0.15, 0.2) is 23.1 Å². The van der Waals surface area contributed by atoms with Gasteiger partial charge >= 0.3 is 55.8 Å². The van der Waals surface area contributed by atoms with E-state index in [9.17, 15) is 97.1 Å². The molecule has 2 aliphatic rings. The number of unbranched alkanes of at least 4 members (excludes halogenated alkanes) is 3. The molecule has 0 unspecified atom stereocenters. The van der Waals surface area contributed by atoms with Crippen LogP contribution in [0.4, 0.5) is 46.3 Å². The number of aryl methyl sites for hydroxylation is 2. The standard InChI is InChI=1S/C89H65N13O25S3.3O3S/c1-101-64-27-25-61(71-73(64)69(57-19-8-10-21-59(57)79(71)107)75(81(101)109)77(105)45-15-6-5-7-16-45)92-50-23-29-66(129(118,119)120)47(33-50)39-68-95-85(98-88(96-68)126-54-36-48(83(111)112)34-52(41-54)124-43-103)90-31-12-3-4-13-32-91-86-97-87(100-89(99-86)127-55-37-49(84(113)114)35-53(42-55)125-44-104)93-51-24-30-67(130(121,122)123)63(40-51)94-62-26-28-65-74-70(58-20-9-11-22-60(58)80(108)72(62)74)76(82(110)102(65)2)78(106)46-17-14-18-56(38-46)128(115,116)117;3*1-4(2)3/h5-11,14-30,33-38,40-44,92,94H,3-4,12-13,31-32,39H2,1-2H3,(H,111,112)(H,113,114)(H,115,116,117)(H,118,119,120)(H,121,122,123)(H,90,95,96,98)(H2,91,93,97,99,100);;;. The lowest BCUT2D eigenvalue weighted by atomic mass is 9.80. The first kappa shape index (κ1) is 102. The van der Waals surface area contributed by atoms with Gasteiger partial charge in [0.05, 0.1) is 71.3 Å². The summed E-state index contributed by atoms with van der Waals surface area (Å²) in [4.78, 5) is 160. The predicted octanol–water partition coefficient (Wildman–Crippen LogP) is 9.33. The molecule has 10 aromatic carbocycles. The highest BCUT2D eigenvalue weighted by Crippen LogP contribution is 2.48. The molecule has 4 heterocycles. The molecule has 0 saturated heterocycles. The normalized spacial score (nSPS) is 11.5. The Labute approximate surface area is 802 Å². The van der Waals surface area contributed by atoms with Crippen LogP contribution in [0.25, 0.3) is 44.1 Å². The van der Waals surface area contributed by atoms with Gasteiger partial charge in [0.25, 0.3) is 54.4 Å². The molecule has 0 amide bonds. The average molecular weight is 2050 g/mol. The maximum Gasteiger partial charge on any atom is 0.425 e. The summed E-state index contributed by atoms with van der Waals surface area (Å²) in [7, 11) is -21.6. The van der Waals surface area contributed by atoms with Crippen molar-refractivity contribution < 1.29 is 144 Å². The lowest BCUT2D eigenvalue weighted by molar-refractivity contribution is -0.121. The number of nitrogens with zero attached hydrogens (tertiary/aromatic N) is 8. The van der Waals surface area contributed by atoms with Gasteiger partial charge in [0, 0.05) is 101 Å². The molecule has 0 bridgehead atoms. The van der Waals surface area contributed by atoms with Crippen molar-refractivity contribution in [2.75, 3.05) is 39.7 Å². The van der Waals surface area contributed by atoms with Crippen LogP contribution in [0, 0.1) is 0 Å². The quantitative estimate of drug-likeness (QED) is 0.00776. The number of benzene rings is 10. The fourth-order valence-corrected chi connectivity index (χ4v) is 17.2. The summed E-state index contributed by atoms with van der Waals surface area (Å²) in [6.07, 6.45) is 1.31. The largest absolute Gasteiger partial charge is 0.478 e. The molecule has 0 atom stereocenters. The minimum absolute atomic E-state index is 0.00654. The molecule has 14 aromatic rings. The van der Waals surface area contributed by atoms with Gasteiger partial charge in [0.1, 0.15) is 33.7 Å². The van der Waals surface area contributed by atoms with Crippen molar-refractivity contribution in [3.05, 3.63) is 288 Å². The summed E-state index contributed by atoms with van der Waals surface area (Å²) >= 11 is 0. The van der Waals surface area contributed by atoms with Gasteiger partial charge < -0.3 is 64.9 Å². The van der Waals surface area contributed by atoms with Gasteiger partial charge in [-0.3, -0.25) is 52.0 Å².